The van der Waals surface area contributed by atoms with Crippen molar-refractivity contribution in [3.63, 3.8) is 0 Å². The summed E-state index contributed by atoms with van der Waals surface area (Å²) in [6.45, 7) is 6.73. The van der Waals surface area contributed by atoms with E-state index in [0.29, 0.717) is 13.2 Å². The van der Waals surface area contributed by atoms with Crippen LogP contribution in [0.4, 0.5) is 0 Å². The molecule has 0 aromatic heterocycles. The third-order valence-corrected chi connectivity index (χ3v) is 4.20. The number of rotatable bonds is 7. The zero-order chi connectivity index (χ0) is 16.7. The van der Waals surface area contributed by atoms with E-state index in [0.717, 1.165) is 37.2 Å². The summed E-state index contributed by atoms with van der Waals surface area (Å²) in [6, 6.07) is 7.79. The Kier molecular flexibility index (Phi) is 9.11. The quantitative estimate of drug-likeness (QED) is 0.759. The standard InChI is InChI=1S/C18H27NO4.ClH/c1-3-22-18(21)15-8-10-19(11-9-15)12-16(20)13-23-17-7-5-4-6-14(17)2;/h4-7,15-16,20H,3,8-13H2,1-2H3;1H. The molecule has 2 rings (SSSR count). The van der Waals surface area contributed by atoms with Crippen LogP contribution in [0.1, 0.15) is 25.3 Å². The number of carbonyl (C=O) groups excluding carboxylic acids is 1. The predicted octanol–water partition coefficient (Wildman–Crippen LogP) is 2.43. The predicted molar refractivity (Wildman–Crippen MR) is 95.7 cm³/mol. The van der Waals surface area contributed by atoms with Gasteiger partial charge in [0, 0.05) is 6.54 Å². The average molecular weight is 358 g/mol. The lowest BCUT2D eigenvalue weighted by atomic mass is 9.97. The van der Waals surface area contributed by atoms with Crippen molar-refractivity contribution < 1.29 is 19.4 Å². The molecular weight excluding hydrogens is 330 g/mol. The minimum Gasteiger partial charge on any atom is -0.491 e. The molecule has 136 valence electrons. The van der Waals surface area contributed by atoms with Gasteiger partial charge < -0.3 is 19.5 Å². The Bertz CT molecular complexity index is 504. The molecule has 0 saturated carbocycles. The maximum atomic E-state index is 11.7. The second-order valence-electron chi connectivity index (χ2n) is 6.06. The van der Waals surface area contributed by atoms with E-state index in [2.05, 4.69) is 4.90 Å². The van der Waals surface area contributed by atoms with Gasteiger partial charge in [-0.1, -0.05) is 18.2 Å². The van der Waals surface area contributed by atoms with Crippen LogP contribution in [0.25, 0.3) is 0 Å². The summed E-state index contributed by atoms with van der Waals surface area (Å²) in [5.74, 6) is 0.731. The van der Waals surface area contributed by atoms with Crippen molar-refractivity contribution in [3.8, 4) is 5.75 Å². The molecule has 1 aromatic rings. The molecule has 5 nitrogen and oxygen atoms in total. The topological polar surface area (TPSA) is 59.0 Å². The molecule has 1 aromatic carbocycles. The van der Waals surface area contributed by atoms with E-state index in [4.69, 9.17) is 9.47 Å². The van der Waals surface area contributed by atoms with Crippen molar-refractivity contribution in [3.05, 3.63) is 29.8 Å². The fourth-order valence-electron chi connectivity index (χ4n) is 2.87. The first-order chi connectivity index (χ1) is 11.1. The van der Waals surface area contributed by atoms with E-state index in [1.807, 2.05) is 38.1 Å². The van der Waals surface area contributed by atoms with Crippen LogP contribution < -0.4 is 4.74 Å². The molecule has 0 amide bonds. The summed E-state index contributed by atoms with van der Waals surface area (Å²) in [5, 5.41) is 10.2. The first kappa shape index (κ1) is 20.7. The lowest BCUT2D eigenvalue weighted by Crippen LogP contribution is -2.42. The molecule has 1 N–H and O–H groups in total. The van der Waals surface area contributed by atoms with Crippen LogP contribution >= 0.6 is 12.4 Å². The number of piperidine rings is 1. The normalized spacial score (nSPS) is 17.0. The minimum absolute atomic E-state index is 0. The molecule has 0 radical (unpaired) electrons. The van der Waals surface area contributed by atoms with Crippen LogP contribution in [0, 0.1) is 12.8 Å². The molecule has 1 aliphatic heterocycles. The number of likely N-dealkylation sites (tertiary alicyclic amines) is 1. The van der Waals surface area contributed by atoms with Gasteiger partial charge in [-0.25, -0.2) is 0 Å². The number of β-amino-alcohol motifs (C(OH)–C–C–N with tert-alkyl or cyclic N) is 1. The molecule has 0 spiro atoms. The van der Waals surface area contributed by atoms with E-state index >= 15 is 0 Å². The van der Waals surface area contributed by atoms with Crippen molar-refractivity contribution in [2.24, 2.45) is 5.92 Å². The van der Waals surface area contributed by atoms with Gasteiger partial charge in [0.1, 0.15) is 18.5 Å². The first-order valence-corrected chi connectivity index (χ1v) is 8.35. The van der Waals surface area contributed by atoms with Crippen LogP contribution in [-0.4, -0.2) is 54.9 Å². The number of hydrogen-bond donors (Lipinski definition) is 1. The summed E-state index contributed by atoms with van der Waals surface area (Å²) in [5.41, 5.74) is 1.06. The molecule has 1 unspecified atom stereocenters. The van der Waals surface area contributed by atoms with Gasteiger partial charge in [0.05, 0.1) is 12.5 Å². The summed E-state index contributed by atoms with van der Waals surface area (Å²) in [7, 11) is 0. The highest BCUT2D eigenvalue weighted by molar-refractivity contribution is 5.85. The molecule has 1 heterocycles. The molecule has 24 heavy (non-hydrogen) atoms. The molecule has 0 bridgehead atoms. The maximum absolute atomic E-state index is 11.7. The highest BCUT2D eigenvalue weighted by Crippen LogP contribution is 2.19. The molecule has 1 fully saturated rings. The Hall–Kier alpha value is -1.30. The monoisotopic (exact) mass is 357 g/mol. The smallest absolute Gasteiger partial charge is 0.309 e. The van der Waals surface area contributed by atoms with Crippen LogP contribution in [0.5, 0.6) is 5.75 Å². The number of aryl methyl sites for hydroxylation is 1. The van der Waals surface area contributed by atoms with Gasteiger partial charge in [0.25, 0.3) is 0 Å². The van der Waals surface area contributed by atoms with Gasteiger partial charge in [0.15, 0.2) is 0 Å². The number of esters is 1. The Morgan fingerprint density at radius 2 is 2.00 bits per heavy atom. The Morgan fingerprint density at radius 1 is 1.33 bits per heavy atom. The lowest BCUT2D eigenvalue weighted by Gasteiger charge is -2.32. The largest absolute Gasteiger partial charge is 0.491 e. The fraction of sp³-hybridized carbons (Fsp3) is 0.611. The van der Waals surface area contributed by atoms with E-state index in [1.165, 1.54) is 0 Å². The Balaban J connectivity index is 0.00000288. The van der Waals surface area contributed by atoms with E-state index in [9.17, 15) is 9.90 Å². The van der Waals surface area contributed by atoms with Gasteiger partial charge in [0.2, 0.25) is 0 Å². The molecule has 1 saturated heterocycles. The number of ether oxygens (including phenoxy) is 2. The second-order valence-corrected chi connectivity index (χ2v) is 6.06. The molecular formula is C18H28ClNO4. The number of carbonyl (C=O) groups is 1. The van der Waals surface area contributed by atoms with Crippen molar-refractivity contribution in [2.45, 2.75) is 32.8 Å². The van der Waals surface area contributed by atoms with Crippen LogP contribution in [0.2, 0.25) is 0 Å². The first-order valence-electron chi connectivity index (χ1n) is 8.35. The lowest BCUT2D eigenvalue weighted by molar-refractivity contribution is -0.149. The van der Waals surface area contributed by atoms with E-state index in [-0.39, 0.29) is 30.9 Å². The van der Waals surface area contributed by atoms with Gasteiger partial charge in [-0.2, -0.15) is 0 Å². The van der Waals surface area contributed by atoms with Crippen LogP contribution in [0.15, 0.2) is 24.3 Å². The number of nitrogens with zero attached hydrogens (tertiary/aromatic N) is 1. The number of hydrogen-bond acceptors (Lipinski definition) is 5. The molecule has 1 aliphatic rings. The average Bonchev–Trinajstić information content (AvgIpc) is 2.55. The van der Waals surface area contributed by atoms with Gasteiger partial charge >= 0.3 is 5.97 Å². The highest BCUT2D eigenvalue weighted by Gasteiger charge is 2.26. The van der Waals surface area contributed by atoms with Crippen LogP contribution in [0.3, 0.4) is 0 Å². The minimum atomic E-state index is -0.534. The summed E-state index contributed by atoms with van der Waals surface area (Å²) in [6.07, 6.45) is 1.06. The SMILES string of the molecule is CCOC(=O)C1CCN(CC(O)COc2ccccc2C)CC1.Cl. The van der Waals surface area contributed by atoms with E-state index < -0.39 is 6.10 Å². The zero-order valence-electron chi connectivity index (χ0n) is 14.4. The number of benzene rings is 1. The van der Waals surface area contributed by atoms with Crippen molar-refractivity contribution >= 4 is 18.4 Å². The Labute approximate surface area is 150 Å². The third kappa shape index (κ3) is 6.30. The van der Waals surface area contributed by atoms with E-state index in [1.54, 1.807) is 0 Å². The summed E-state index contributed by atoms with van der Waals surface area (Å²) >= 11 is 0. The second kappa shape index (κ2) is 10.5. The van der Waals surface area contributed by atoms with Gasteiger partial charge in [-0.15, -0.1) is 12.4 Å². The number of aliphatic hydroxyl groups is 1. The van der Waals surface area contributed by atoms with Gasteiger partial charge in [-0.3, -0.25) is 4.79 Å². The third-order valence-electron chi connectivity index (χ3n) is 4.20. The molecule has 1 atom stereocenters. The van der Waals surface area contributed by atoms with Crippen molar-refractivity contribution in [2.75, 3.05) is 32.8 Å². The van der Waals surface area contributed by atoms with Crippen LogP contribution in [-0.2, 0) is 9.53 Å². The summed E-state index contributed by atoms with van der Waals surface area (Å²) in [4.78, 5) is 13.9. The Morgan fingerprint density at radius 3 is 2.62 bits per heavy atom. The number of halogens is 1. The number of para-hydroxylation sites is 1. The van der Waals surface area contributed by atoms with Gasteiger partial charge in [-0.05, 0) is 51.4 Å². The summed E-state index contributed by atoms with van der Waals surface area (Å²) < 4.78 is 10.8. The zero-order valence-corrected chi connectivity index (χ0v) is 15.3. The van der Waals surface area contributed by atoms with Crippen molar-refractivity contribution in [1.29, 1.82) is 0 Å². The maximum Gasteiger partial charge on any atom is 0.309 e. The number of aliphatic hydroxyl groups excluding tert-OH is 1. The molecule has 6 heteroatoms. The van der Waals surface area contributed by atoms with Crippen molar-refractivity contribution in [1.82, 2.24) is 4.90 Å². The molecule has 0 aliphatic carbocycles. The highest BCUT2D eigenvalue weighted by atomic mass is 35.5. The fourth-order valence-corrected chi connectivity index (χ4v) is 2.87.